The summed E-state index contributed by atoms with van der Waals surface area (Å²) in [5.41, 5.74) is 4.69. The molecule has 7 heteroatoms. The van der Waals surface area contributed by atoms with E-state index in [4.69, 9.17) is 5.11 Å². The van der Waals surface area contributed by atoms with Crippen LogP contribution in [-0.2, 0) is 4.79 Å². The van der Waals surface area contributed by atoms with E-state index in [1.54, 1.807) is 11.3 Å². The number of carboxylic acids is 1. The normalized spacial score (nSPS) is 10.4. The van der Waals surface area contributed by atoms with E-state index in [0.29, 0.717) is 12.4 Å². The van der Waals surface area contributed by atoms with Gasteiger partial charge in [-0.1, -0.05) is 18.2 Å². The molecule has 0 radical (unpaired) electrons. The molecule has 0 unspecified atom stereocenters. The number of anilines is 1. The molecule has 0 atom stereocenters. The first kappa shape index (κ1) is 18.2. The molecule has 0 fully saturated rings. The fraction of sp³-hybridized carbons (Fsp3) is 0.235. The van der Waals surface area contributed by atoms with Crippen LogP contribution in [0.15, 0.2) is 29.9 Å². The van der Waals surface area contributed by atoms with Crippen molar-refractivity contribution < 1.29 is 9.90 Å². The number of carboxylic acid groups (broad SMARTS) is 1. The average Bonchev–Trinajstić information content (AvgIpc) is 2.94. The third kappa shape index (κ3) is 3.66. The van der Waals surface area contributed by atoms with Crippen molar-refractivity contribution in [1.29, 1.82) is 0 Å². The minimum absolute atomic E-state index is 0. The maximum Gasteiger partial charge on any atom is 0.305 e. The highest BCUT2D eigenvalue weighted by Gasteiger charge is 2.13. The van der Waals surface area contributed by atoms with Gasteiger partial charge in [0.2, 0.25) is 0 Å². The third-order valence-electron chi connectivity index (χ3n) is 3.82. The molecule has 5 nitrogen and oxygen atoms in total. The van der Waals surface area contributed by atoms with Crippen molar-refractivity contribution in [3.05, 3.63) is 41.0 Å². The molecular weight excluding hydrogens is 346 g/mol. The zero-order chi connectivity index (χ0) is 16.4. The molecule has 3 aromatic rings. The predicted molar refractivity (Wildman–Crippen MR) is 100 cm³/mol. The van der Waals surface area contributed by atoms with E-state index in [1.165, 1.54) is 17.5 Å². The molecule has 0 saturated heterocycles. The summed E-state index contributed by atoms with van der Waals surface area (Å²) in [6, 6.07) is 6.36. The Balaban J connectivity index is 0.00000208. The molecule has 0 aliphatic carbocycles. The number of nitrogens with one attached hydrogen (secondary N) is 1. The van der Waals surface area contributed by atoms with Gasteiger partial charge in [-0.05, 0) is 30.5 Å². The van der Waals surface area contributed by atoms with Gasteiger partial charge in [-0.3, -0.25) is 4.79 Å². The van der Waals surface area contributed by atoms with Gasteiger partial charge in [-0.15, -0.1) is 23.7 Å². The van der Waals surface area contributed by atoms with E-state index in [2.05, 4.69) is 52.7 Å². The molecule has 0 aliphatic rings. The number of aromatic nitrogens is 2. The number of hydrogen-bond acceptors (Lipinski definition) is 5. The van der Waals surface area contributed by atoms with E-state index in [-0.39, 0.29) is 18.8 Å². The summed E-state index contributed by atoms with van der Waals surface area (Å²) < 4.78 is 0. The Morgan fingerprint density at radius 1 is 1.25 bits per heavy atom. The lowest BCUT2D eigenvalue weighted by Gasteiger charge is -2.08. The molecule has 0 bridgehead atoms. The van der Waals surface area contributed by atoms with E-state index in [1.807, 2.05) is 0 Å². The highest BCUT2D eigenvalue weighted by atomic mass is 35.5. The Labute approximate surface area is 150 Å². The SMILES string of the molecule is Cc1ccc(-c2csc3ncnc(NCCC(=O)O)c23)cc1C.Cl. The van der Waals surface area contributed by atoms with Crippen molar-refractivity contribution in [1.82, 2.24) is 9.97 Å². The number of benzene rings is 1. The van der Waals surface area contributed by atoms with Gasteiger partial charge in [0.05, 0.1) is 11.8 Å². The fourth-order valence-corrected chi connectivity index (χ4v) is 3.33. The Bertz CT molecular complexity index is 879. The van der Waals surface area contributed by atoms with Crippen molar-refractivity contribution in [2.45, 2.75) is 20.3 Å². The van der Waals surface area contributed by atoms with E-state index < -0.39 is 5.97 Å². The Morgan fingerprint density at radius 2 is 2.04 bits per heavy atom. The molecular formula is C17H18ClN3O2S. The van der Waals surface area contributed by atoms with Crippen LogP contribution in [0.1, 0.15) is 17.5 Å². The Morgan fingerprint density at radius 3 is 2.75 bits per heavy atom. The molecule has 1 aromatic carbocycles. The van der Waals surface area contributed by atoms with Crippen LogP contribution in [0.25, 0.3) is 21.3 Å². The maximum atomic E-state index is 10.7. The van der Waals surface area contributed by atoms with Gasteiger partial charge in [0.15, 0.2) is 0 Å². The highest BCUT2D eigenvalue weighted by molar-refractivity contribution is 7.17. The van der Waals surface area contributed by atoms with Crippen molar-refractivity contribution in [3.63, 3.8) is 0 Å². The predicted octanol–water partition coefficient (Wildman–Crippen LogP) is 4.28. The van der Waals surface area contributed by atoms with Crippen LogP contribution < -0.4 is 5.32 Å². The van der Waals surface area contributed by atoms with E-state index in [9.17, 15) is 4.79 Å². The molecule has 2 aromatic heterocycles. The first-order valence-electron chi connectivity index (χ1n) is 7.31. The number of rotatable bonds is 5. The summed E-state index contributed by atoms with van der Waals surface area (Å²) >= 11 is 1.57. The second-order valence-electron chi connectivity index (χ2n) is 5.42. The summed E-state index contributed by atoms with van der Waals surface area (Å²) in [5, 5.41) is 14.9. The van der Waals surface area contributed by atoms with Crippen molar-refractivity contribution in [2.75, 3.05) is 11.9 Å². The number of thiophene rings is 1. The molecule has 0 spiro atoms. The third-order valence-corrected chi connectivity index (χ3v) is 4.71. The molecule has 0 amide bonds. The van der Waals surface area contributed by atoms with Crippen LogP contribution in [0.4, 0.5) is 5.82 Å². The molecule has 2 N–H and O–H groups in total. The minimum Gasteiger partial charge on any atom is -0.481 e. The number of hydrogen-bond donors (Lipinski definition) is 2. The van der Waals surface area contributed by atoms with E-state index in [0.717, 1.165) is 21.3 Å². The molecule has 3 rings (SSSR count). The van der Waals surface area contributed by atoms with Crippen molar-refractivity contribution >= 4 is 45.7 Å². The lowest BCUT2D eigenvalue weighted by Crippen LogP contribution is -2.09. The largest absolute Gasteiger partial charge is 0.481 e. The number of nitrogens with zero attached hydrogens (tertiary/aromatic N) is 2. The second kappa shape index (κ2) is 7.59. The summed E-state index contributed by atoms with van der Waals surface area (Å²) in [6.07, 6.45) is 1.56. The molecule has 0 saturated carbocycles. The van der Waals surface area contributed by atoms with Gasteiger partial charge >= 0.3 is 5.97 Å². The lowest BCUT2D eigenvalue weighted by molar-refractivity contribution is -0.136. The zero-order valence-electron chi connectivity index (χ0n) is 13.4. The van der Waals surface area contributed by atoms with Gasteiger partial charge in [-0.2, -0.15) is 0 Å². The number of fused-ring (bicyclic) bond motifs is 1. The summed E-state index contributed by atoms with van der Waals surface area (Å²) in [6.45, 7) is 4.52. The van der Waals surface area contributed by atoms with Gasteiger partial charge in [0.1, 0.15) is 17.0 Å². The maximum absolute atomic E-state index is 10.7. The summed E-state index contributed by atoms with van der Waals surface area (Å²) in [4.78, 5) is 20.2. The van der Waals surface area contributed by atoms with E-state index >= 15 is 0 Å². The molecule has 126 valence electrons. The van der Waals surface area contributed by atoms with Gasteiger partial charge < -0.3 is 10.4 Å². The number of aryl methyl sites for hydroxylation is 2. The highest BCUT2D eigenvalue weighted by Crippen LogP contribution is 2.36. The summed E-state index contributed by atoms with van der Waals surface area (Å²) in [7, 11) is 0. The second-order valence-corrected chi connectivity index (χ2v) is 6.28. The van der Waals surface area contributed by atoms with Gasteiger partial charge in [-0.25, -0.2) is 9.97 Å². The van der Waals surface area contributed by atoms with Gasteiger partial charge in [0.25, 0.3) is 0 Å². The Hall–Kier alpha value is -2.18. The standard InChI is InChI=1S/C17H17N3O2S.ClH/c1-10-3-4-12(7-11(10)2)13-8-23-17-15(13)16(19-9-20-17)18-6-5-14(21)22;/h3-4,7-9H,5-6H2,1-2H3,(H,21,22)(H,18,19,20);1H. The van der Waals surface area contributed by atoms with Crippen LogP contribution >= 0.6 is 23.7 Å². The van der Waals surface area contributed by atoms with Crippen molar-refractivity contribution in [3.8, 4) is 11.1 Å². The lowest BCUT2D eigenvalue weighted by atomic mass is 10.0. The number of aliphatic carboxylic acids is 1. The first-order valence-corrected chi connectivity index (χ1v) is 8.19. The molecule has 2 heterocycles. The van der Waals surface area contributed by atoms with Crippen LogP contribution in [0.3, 0.4) is 0 Å². The monoisotopic (exact) mass is 363 g/mol. The zero-order valence-corrected chi connectivity index (χ0v) is 15.0. The smallest absolute Gasteiger partial charge is 0.305 e. The summed E-state index contributed by atoms with van der Waals surface area (Å²) in [5.74, 6) is -0.145. The van der Waals surface area contributed by atoms with Crippen LogP contribution in [0.2, 0.25) is 0 Å². The fourth-order valence-electron chi connectivity index (χ4n) is 2.42. The minimum atomic E-state index is -0.831. The first-order chi connectivity index (χ1) is 11.1. The number of carbonyl (C=O) groups is 1. The van der Waals surface area contributed by atoms with Gasteiger partial charge in [0, 0.05) is 17.5 Å². The molecule has 24 heavy (non-hydrogen) atoms. The molecule has 0 aliphatic heterocycles. The van der Waals surface area contributed by atoms with Crippen LogP contribution in [0, 0.1) is 13.8 Å². The quantitative estimate of drug-likeness (QED) is 0.707. The Kier molecular flexibility index (Phi) is 5.75. The van der Waals surface area contributed by atoms with Crippen LogP contribution in [0.5, 0.6) is 0 Å². The van der Waals surface area contributed by atoms with Crippen LogP contribution in [-0.4, -0.2) is 27.6 Å². The van der Waals surface area contributed by atoms with Crippen molar-refractivity contribution in [2.24, 2.45) is 0 Å². The number of halogens is 1. The average molecular weight is 364 g/mol. The topological polar surface area (TPSA) is 75.1 Å².